The van der Waals surface area contributed by atoms with Gasteiger partial charge in [-0.05, 0) is 81.1 Å². The van der Waals surface area contributed by atoms with Gasteiger partial charge in [0.05, 0.1) is 33.8 Å². The number of para-hydroxylation sites is 3. The summed E-state index contributed by atoms with van der Waals surface area (Å²) >= 11 is 0. The average Bonchev–Trinajstić information content (AvgIpc) is 3.67. The molecule has 0 radical (unpaired) electrons. The molecule has 11 aromatic rings. The molecule has 2 nitrogen and oxygen atoms in total. The molecule has 0 fully saturated rings. The lowest BCUT2D eigenvalue weighted by atomic mass is 9.95. The maximum Gasteiger partial charge on any atom is 0.0562 e. The molecule has 0 N–H and O–H groups in total. The Hall–Kier alpha value is -7.94. The van der Waals surface area contributed by atoms with Gasteiger partial charge in [0.1, 0.15) is 0 Å². The second kappa shape index (κ2) is 15.1. The van der Waals surface area contributed by atoms with E-state index in [9.17, 15) is 0 Å². The van der Waals surface area contributed by atoms with Gasteiger partial charge in [0, 0.05) is 27.5 Å². The third-order valence-electron chi connectivity index (χ3n) is 11.8. The van der Waals surface area contributed by atoms with Gasteiger partial charge in [-0.1, -0.05) is 200 Å². The third-order valence-corrected chi connectivity index (χ3v) is 11.8. The Morgan fingerprint density at radius 3 is 1.53 bits per heavy atom. The van der Waals surface area contributed by atoms with Gasteiger partial charge in [-0.25, -0.2) is 0 Å². The highest BCUT2D eigenvalue weighted by Crippen LogP contribution is 2.50. The molecule has 0 aliphatic heterocycles. The zero-order valence-corrected chi connectivity index (χ0v) is 33.0. The molecular weight excluding hydrogens is 725 g/mol. The lowest BCUT2D eigenvalue weighted by molar-refractivity contribution is 1.18. The Morgan fingerprint density at radius 2 is 0.783 bits per heavy atom. The van der Waals surface area contributed by atoms with E-state index in [1.807, 2.05) is 0 Å². The molecule has 0 unspecified atom stereocenters. The summed E-state index contributed by atoms with van der Waals surface area (Å²) in [6, 6.07) is 88.0. The number of benzene rings is 10. The molecule has 11 rings (SSSR count). The minimum Gasteiger partial charge on any atom is -0.309 e. The van der Waals surface area contributed by atoms with Crippen molar-refractivity contribution in [1.29, 1.82) is 0 Å². The van der Waals surface area contributed by atoms with Crippen LogP contribution in [0.1, 0.15) is 0 Å². The van der Waals surface area contributed by atoms with E-state index in [4.69, 9.17) is 0 Å². The first-order chi connectivity index (χ1) is 29.8. The summed E-state index contributed by atoms with van der Waals surface area (Å²) in [5.41, 5.74) is 16.2. The Balaban J connectivity index is 1.23. The van der Waals surface area contributed by atoms with Crippen LogP contribution < -0.4 is 4.90 Å². The summed E-state index contributed by atoms with van der Waals surface area (Å²) < 4.78 is 2.48. The fraction of sp³-hybridized carbons (Fsp3) is 0. The van der Waals surface area contributed by atoms with Crippen LogP contribution in [0.5, 0.6) is 0 Å². The smallest absolute Gasteiger partial charge is 0.0562 e. The summed E-state index contributed by atoms with van der Waals surface area (Å²) in [5.74, 6) is 0. The highest BCUT2D eigenvalue weighted by atomic mass is 15.2. The van der Waals surface area contributed by atoms with Crippen LogP contribution in [0.3, 0.4) is 0 Å². The second-order valence-corrected chi connectivity index (χ2v) is 15.3. The first-order valence-electron chi connectivity index (χ1n) is 20.6. The van der Waals surface area contributed by atoms with Crippen molar-refractivity contribution in [2.24, 2.45) is 0 Å². The van der Waals surface area contributed by atoms with Gasteiger partial charge in [-0.2, -0.15) is 0 Å². The van der Waals surface area contributed by atoms with Gasteiger partial charge in [-0.15, -0.1) is 0 Å². The minimum atomic E-state index is 1.11. The molecule has 0 saturated heterocycles. The maximum absolute atomic E-state index is 2.51. The van der Waals surface area contributed by atoms with Crippen molar-refractivity contribution in [1.82, 2.24) is 4.57 Å². The zero-order chi connectivity index (χ0) is 39.8. The highest BCUT2D eigenvalue weighted by molar-refractivity contribution is 6.18. The molecule has 0 atom stereocenters. The topological polar surface area (TPSA) is 8.17 Å². The van der Waals surface area contributed by atoms with Crippen molar-refractivity contribution < 1.29 is 0 Å². The van der Waals surface area contributed by atoms with Gasteiger partial charge in [-0.3, -0.25) is 0 Å². The molecular formula is C58H40N2. The first-order valence-corrected chi connectivity index (χ1v) is 20.6. The molecule has 0 aliphatic carbocycles. The van der Waals surface area contributed by atoms with Crippen LogP contribution in [0, 0.1) is 0 Å². The molecule has 0 saturated carbocycles. The Bertz CT molecular complexity index is 3300. The summed E-state index contributed by atoms with van der Waals surface area (Å²) in [6.45, 7) is 0. The first kappa shape index (κ1) is 35.2. The summed E-state index contributed by atoms with van der Waals surface area (Å²) in [6.07, 6.45) is 0. The molecule has 1 heterocycles. The summed E-state index contributed by atoms with van der Waals surface area (Å²) in [7, 11) is 0. The van der Waals surface area contributed by atoms with Gasteiger partial charge < -0.3 is 9.47 Å². The van der Waals surface area contributed by atoms with Crippen molar-refractivity contribution in [3.63, 3.8) is 0 Å². The monoisotopic (exact) mass is 764 g/mol. The fourth-order valence-electron chi connectivity index (χ4n) is 9.11. The van der Waals surface area contributed by atoms with Crippen molar-refractivity contribution >= 4 is 49.6 Å². The van der Waals surface area contributed by atoms with E-state index >= 15 is 0 Å². The van der Waals surface area contributed by atoms with Crippen molar-refractivity contribution in [3.8, 4) is 50.2 Å². The summed E-state index contributed by atoms with van der Waals surface area (Å²) in [5, 5.41) is 4.83. The van der Waals surface area contributed by atoms with Gasteiger partial charge >= 0.3 is 0 Å². The number of hydrogen-bond acceptors (Lipinski definition) is 1. The predicted octanol–water partition coefficient (Wildman–Crippen LogP) is 16.1. The Morgan fingerprint density at radius 1 is 0.283 bits per heavy atom. The van der Waals surface area contributed by atoms with E-state index in [-0.39, 0.29) is 0 Å². The van der Waals surface area contributed by atoms with Gasteiger partial charge in [0.15, 0.2) is 0 Å². The van der Waals surface area contributed by atoms with Gasteiger partial charge in [0.25, 0.3) is 0 Å². The minimum absolute atomic E-state index is 1.11. The number of hydrogen-bond donors (Lipinski definition) is 0. The SMILES string of the molecule is c1ccc(-c2ccc(-n3c4ccccc4c4c(N(c5ccccc5-c5ccccc5)c5ccccc5-c5cccc6ccccc56)cccc43)c(-c3ccccc3)c2)cc1. The van der Waals surface area contributed by atoms with Crippen LogP contribution >= 0.6 is 0 Å². The van der Waals surface area contributed by atoms with Crippen LogP contribution in [0.15, 0.2) is 243 Å². The summed E-state index contributed by atoms with van der Waals surface area (Å²) in [4.78, 5) is 2.51. The molecule has 2 heteroatoms. The molecule has 282 valence electrons. The molecule has 0 spiro atoms. The Labute approximate surface area is 350 Å². The standard InChI is InChI=1S/C58H40N2/c1-4-20-41(21-5-1)45-38-39-55(51(40-45)44-24-8-3-9-25-44)60-54-35-17-14-31-50(54)58-56(36-19-37-57(58)60)59(52-33-15-12-29-47(52)43-22-6-2-7-23-43)53-34-16-13-30-49(53)48-32-18-27-42-26-10-11-28-46(42)48/h1-40H. The van der Waals surface area contributed by atoms with E-state index < -0.39 is 0 Å². The molecule has 10 aromatic carbocycles. The number of rotatable bonds is 8. The van der Waals surface area contributed by atoms with Crippen molar-refractivity contribution in [2.75, 3.05) is 4.90 Å². The number of fused-ring (bicyclic) bond motifs is 4. The number of anilines is 3. The predicted molar refractivity (Wildman–Crippen MR) is 255 cm³/mol. The normalized spacial score (nSPS) is 11.3. The Kier molecular flexibility index (Phi) is 8.87. The largest absolute Gasteiger partial charge is 0.309 e. The van der Waals surface area contributed by atoms with Crippen LogP contribution in [0.2, 0.25) is 0 Å². The lowest BCUT2D eigenvalue weighted by Crippen LogP contribution is -2.13. The van der Waals surface area contributed by atoms with E-state index in [0.717, 1.165) is 39.3 Å². The maximum atomic E-state index is 2.51. The van der Waals surface area contributed by atoms with Crippen molar-refractivity contribution in [2.45, 2.75) is 0 Å². The molecule has 1 aromatic heterocycles. The second-order valence-electron chi connectivity index (χ2n) is 15.3. The van der Waals surface area contributed by atoms with Gasteiger partial charge in [0.2, 0.25) is 0 Å². The molecule has 0 amide bonds. The molecule has 0 aliphatic rings. The third kappa shape index (κ3) is 6.06. The highest BCUT2D eigenvalue weighted by Gasteiger charge is 2.26. The quantitative estimate of drug-likeness (QED) is 0.150. The molecule has 0 bridgehead atoms. The lowest BCUT2D eigenvalue weighted by Gasteiger charge is -2.31. The molecule has 60 heavy (non-hydrogen) atoms. The zero-order valence-electron chi connectivity index (χ0n) is 33.0. The van der Waals surface area contributed by atoms with E-state index in [1.54, 1.807) is 0 Å². The van der Waals surface area contributed by atoms with E-state index in [1.165, 1.54) is 60.5 Å². The van der Waals surface area contributed by atoms with Crippen LogP contribution in [0.4, 0.5) is 17.1 Å². The van der Waals surface area contributed by atoms with Crippen LogP contribution in [-0.2, 0) is 0 Å². The average molecular weight is 765 g/mol. The van der Waals surface area contributed by atoms with Crippen LogP contribution in [-0.4, -0.2) is 4.57 Å². The van der Waals surface area contributed by atoms with Crippen LogP contribution in [0.25, 0.3) is 82.8 Å². The number of nitrogens with zero attached hydrogens (tertiary/aromatic N) is 2. The van der Waals surface area contributed by atoms with Crippen molar-refractivity contribution in [3.05, 3.63) is 243 Å². The fourth-order valence-corrected chi connectivity index (χ4v) is 9.11. The van der Waals surface area contributed by atoms with E-state index in [0.29, 0.717) is 0 Å². The van der Waals surface area contributed by atoms with E-state index in [2.05, 4.69) is 252 Å². The number of aromatic nitrogens is 1.